The van der Waals surface area contributed by atoms with Crippen LogP contribution in [0.3, 0.4) is 0 Å². The second kappa shape index (κ2) is 10.3. The minimum Gasteiger partial charge on any atom is -0.383 e. The van der Waals surface area contributed by atoms with Crippen LogP contribution in [0, 0.1) is 0 Å². The highest BCUT2D eigenvalue weighted by atomic mass is 16.5. The van der Waals surface area contributed by atoms with Crippen molar-refractivity contribution in [3.63, 3.8) is 0 Å². The Bertz CT molecular complexity index is 450. The first-order valence-corrected chi connectivity index (χ1v) is 7.24. The van der Waals surface area contributed by atoms with Crippen LogP contribution in [0.5, 0.6) is 0 Å². The van der Waals surface area contributed by atoms with E-state index in [1.54, 1.807) is 19.4 Å². The molecule has 21 heavy (non-hydrogen) atoms. The molecule has 0 fully saturated rings. The SMILES string of the molecule is CCOCCNCCn1ncc(N(C)CCOC)cc1=O. The van der Waals surface area contributed by atoms with E-state index >= 15 is 0 Å². The van der Waals surface area contributed by atoms with Crippen LogP contribution in [0.2, 0.25) is 0 Å². The van der Waals surface area contributed by atoms with Gasteiger partial charge in [0, 0.05) is 46.5 Å². The van der Waals surface area contributed by atoms with E-state index in [9.17, 15) is 4.79 Å². The normalized spacial score (nSPS) is 10.8. The first-order valence-electron chi connectivity index (χ1n) is 7.24. The van der Waals surface area contributed by atoms with Gasteiger partial charge in [-0.1, -0.05) is 0 Å². The van der Waals surface area contributed by atoms with E-state index in [1.165, 1.54) is 4.68 Å². The third-order valence-electron chi connectivity index (χ3n) is 3.05. The summed E-state index contributed by atoms with van der Waals surface area (Å²) in [4.78, 5) is 13.9. The summed E-state index contributed by atoms with van der Waals surface area (Å²) in [6.45, 7) is 6.73. The van der Waals surface area contributed by atoms with Crippen LogP contribution in [-0.4, -0.2) is 63.4 Å². The van der Waals surface area contributed by atoms with E-state index in [0.717, 1.165) is 25.4 Å². The molecule has 0 spiro atoms. The number of anilines is 1. The molecule has 0 aliphatic rings. The molecule has 120 valence electrons. The van der Waals surface area contributed by atoms with E-state index in [-0.39, 0.29) is 5.56 Å². The zero-order valence-corrected chi connectivity index (χ0v) is 13.2. The lowest BCUT2D eigenvalue weighted by molar-refractivity contribution is 0.149. The first-order chi connectivity index (χ1) is 10.2. The van der Waals surface area contributed by atoms with Crippen molar-refractivity contribution >= 4 is 5.69 Å². The molecular weight excluding hydrogens is 272 g/mol. The van der Waals surface area contributed by atoms with E-state index < -0.39 is 0 Å². The van der Waals surface area contributed by atoms with Crippen molar-refractivity contribution in [2.45, 2.75) is 13.5 Å². The van der Waals surface area contributed by atoms with Gasteiger partial charge < -0.3 is 19.7 Å². The van der Waals surface area contributed by atoms with Gasteiger partial charge in [0.25, 0.3) is 5.56 Å². The quantitative estimate of drug-likeness (QED) is 0.578. The van der Waals surface area contributed by atoms with E-state index in [0.29, 0.717) is 26.3 Å². The second-order valence-corrected chi connectivity index (χ2v) is 4.64. The highest BCUT2D eigenvalue weighted by Crippen LogP contribution is 2.05. The van der Waals surface area contributed by atoms with Crippen molar-refractivity contribution in [1.29, 1.82) is 0 Å². The van der Waals surface area contributed by atoms with Gasteiger partial charge in [0.05, 0.1) is 31.6 Å². The maximum absolute atomic E-state index is 12.0. The molecule has 1 rings (SSSR count). The van der Waals surface area contributed by atoms with Crippen LogP contribution in [0.25, 0.3) is 0 Å². The summed E-state index contributed by atoms with van der Waals surface area (Å²) < 4.78 is 11.7. The van der Waals surface area contributed by atoms with Gasteiger partial charge in [0.1, 0.15) is 0 Å². The van der Waals surface area contributed by atoms with Gasteiger partial charge >= 0.3 is 0 Å². The summed E-state index contributed by atoms with van der Waals surface area (Å²) in [5.41, 5.74) is 0.709. The lowest BCUT2D eigenvalue weighted by Gasteiger charge is -2.18. The summed E-state index contributed by atoms with van der Waals surface area (Å²) in [6.07, 6.45) is 1.71. The molecule has 0 radical (unpaired) electrons. The number of methoxy groups -OCH3 is 1. The van der Waals surface area contributed by atoms with Gasteiger partial charge in [-0.15, -0.1) is 0 Å². The number of rotatable bonds is 11. The molecule has 1 aromatic rings. The molecule has 0 bridgehead atoms. The summed E-state index contributed by atoms with van der Waals surface area (Å²) in [7, 11) is 3.57. The molecule has 0 aliphatic heterocycles. The van der Waals surface area contributed by atoms with Crippen molar-refractivity contribution in [3.8, 4) is 0 Å². The molecular formula is C14H26N4O3. The minimum absolute atomic E-state index is 0.0941. The molecule has 0 aromatic carbocycles. The van der Waals surface area contributed by atoms with Crippen LogP contribution in [0.1, 0.15) is 6.92 Å². The van der Waals surface area contributed by atoms with Gasteiger partial charge in [-0.25, -0.2) is 4.68 Å². The van der Waals surface area contributed by atoms with Crippen molar-refractivity contribution in [3.05, 3.63) is 22.6 Å². The lowest BCUT2D eigenvalue weighted by Crippen LogP contribution is -2.31. The Labute approximate surface area is 125 Å². The standard InChI is InChI=1S/C14H26N4O3/c1-4-21-9-6-15-5-7-18-14(19)11-13(12-16-18)17(2)8-10-20-3/h11-12,15H,4-10H2,1-3H3. The Morgan fingerprint density at radius 3 is 2.86 bits per heavy atom. The Morgan fingerprint density at radius 1 is 1.38 bits per heavy atom. The average molecular weight is 298 g/mol. The predicted octanol–water partition coefficient (Wildman–Crippen LogP) is -0.0480. The summed E-state index contributed by atoms with van der Waals surface area (Å²) in [5.74, 6) is 0. The Balaban J connectivity index is 2.41. The molecule has 0 aliphatic carbocycles. The number of nitrogens with one attached hydrogen (secondary N) is 1. The summed E-state index contributed by atoms with van der Waals surface area (Å²) in [5, 5.41) is 7.40. The molecule has 0 saturated heterocycles. The number of hydrogen-bond donors (Lipinski definition) is 1. The second-order valence-electron chi connectivity index (χ2n) is 4.64. The number of aromatic nitrogens is 2. The van der Waals surface area contributed by atoms with Gasteiger partial charge in [-0.05, 0) is 6.92 Å². The molecule has 0 amide bonds. The van der Waals surface area contributed by atoms with Crippen molar-refractivity contribution in [1.82, 2.24) is 15.1 Å². The fraction of sp³-hybridized carbons (Fsp3) is 0.714. The number of likely N-dealkylation sites (N-methyl/N-ethyl adjacent to an activating group) is 1. The zero-order valence-electron chi connectivity index (χ0n) is 13.2. The van der Waals surface area contributed by atoms with E-state index in [2.05, 4.69) is 10.4 Å². The summed E-state index contributed by atoms with van der Waals surface area (Å²) in [6, 6.07) is 1.60. The number of hydrogen-bond acceptors (Lipinski definition) is 6. The Morgan fingerprint density at radius 2 is 2.19 bits per heavy atom. The van der Waals surface area contributed by atoms with Crippen LogP contribution in [-0.2, 0) is 16.0 Å². The monoisotopic (exact) mass is 298 g/mol. The van der Waals surface area contributed by atoms with Crippen LogP contribution < -0.4 is 15.8 Å². The molecule has 1 aromatic heterocycles. The van der Waals surface area contributed by atoms with Gasteiger partial charge in [-0.2, -0.15) is 5.10 Å². The fourth-order valence-electron chi connectivity index (χ4n) is 1.76. The van der Waals surface area contributed by atoms with Gasteiger partial charge in [0.2, 0.25) is 0 Å². The highest BCUT2D eigenvalue weighted by Gasteiger charge is 2.04. The molecule has 0 atom stereocenters. The molecule has 0 unspecified atom stereocenters. The molecule has 1 heterocycles. The highest BCUT2D eigenvalue weighted by molar-refractivity contribution is 5.41. The Kier molecular flexibility index (Phi) is 8.65. The zero-order chi connectivity index (χ0) is 15.5. The average Bonchev–Trinajstić information content (AvgIpc) is 2.49. The van der Waals surface area contributed by atoms with Crippen molar-refractivity contribution in [2.75, 3.05) is 58.5 Å². The van der Waals surface area contributed by atoms with Crippen molar-refractivity contribution in [2.24, 2.45) is 0 Å². The fourth-order valence-corrected chi connectivity index (χ4v) is 1.76. The minimum atomic E-state index is -0.0941. The van der Waals surface area contributed by atoms with Gasteiger partial charge in [0.15, 0.2) is 0 Å². The third-order valence-corrected chi connectivity index (χ3v) is 3.05. The summed E-state index contributed by atoms with van der Waals surface area (Å²) >= 11 is 0. The smallest absolute Gasteiger partial charge is 0.268 e. The van der Waals surface area contributed by atoms with E-state index in [1.807, 2.05) is 18.9 Å². The van der Waals surface area contributed by atoms with Crippen LogP contribution >= 0.6 is 0 Å². The predicted molar refractivity (Wildman–Crippen MR) is 83.0 cm³/mol. The number of nitrogens with zero attached hydrogens (tertiary/aromatic N) is 3. The largest absolute Gasteiger partial charge is 0.383 e. The van der Waals surface area contributed by atoms with Crippen LogP contribution in [0.15, 0.2) is 17.1 Å². The first kappa shape index (κ1) is 17.6. The molecule has 0 saturated carbocycles. The maximum atomic E-state index is 12.0. The molecule has 7 nitrogen and oxygen atoms in total. The van der Waals surface area contributed by atoms with Crippen molar-refractivity contribution < 1.29 is 9.47 Å². The third kappa shape index (κ3) is 6.70. The topological polar surface area (TPSA) is 68.6 Å². The van der Waals surface area contributed by atoms with Gasteiger partial charge in [-0.3, -0.25) is 4.79 Å². The molecule has 1 N–H and O–H groups in total. The van der Waals surface area contributed by atoms with E-state index in [4.69, 9.17) is 9.47 Å². The maximum Gasteiger partial charge on any atom is 0.268 e. The lowest BCUT2D eigenvalue weighted by atomic mass is 10.4. The Hall–Kier alpha value is -1.44. The number of ether oxygens (including phenoxy) is 2. The van der Waals surface area contributed by atoms with Crippen LogP contribution in [0.4, 0.5) is 5.69 Å². The molecule has 7 heteroatoms.